The molecule has 8 heteroatoms. The highest BCUT2D eigenvalue weighted by molar-refractivity contribution is 6.24. The lowest BCUT2D eigenvalue weighted by atomic mass is 9.49. The van der Waals surface area contributed by atoms with Crippen LogP contribution in [0.1, 0.15) is 12.0 Å². The van der Waals surface area contributed by atoms with Gasteiger partial charge in [0.2, 0.25) is 23.6 Å². The lowest BCUT2D eigenvalue weighted by molar-refractivity contribution is -0.129. The van der Waals surface area contributed by atoms with Crippen LogP contribution in [0, 0.1) is 41.4 Å². The van der Waals surface area contributed by atoms with Gasteiger partial charge >= 0.3 is 0 Å². The topological polar surface area (TPSA) is 93.2 Å². The number of carbonyl (C=O) groups excluding carboxylic acids is 4. The Balaban J connectivity index is 1.25. The van der Waals surface area contributed by atoms with E-state index in [0.717, 1.165) is 16.7 Å². The minimum atomic E-state index is -0.622. The molecule has 3 aromatic carbocycles. The molecule has 2 aliphatic heterocycles. The fourth-order valence-electron chi connectivity index (χ4n) is 8.49. The summed E-state index contributed by atoms with van der Waals surface area (Å²) in [4.78, 5) is 59.3. The van der Waals surface area contributed by atoms with E-state index in [1.54, 1.807) is 62.8 Å². The molecular formula is C36H30N2O6. The third kappa shape index (κ3) is 3.57. The van der Waals surface area contributed by atoms with Gasteiger partial charge in [0.15, 0.2) is 0 Å². The van der Waals surface area contributed by atoms with Crippen LogP contribution in [0.2, 0.25) is 0 Å². The van der Waals surface area contributed by atoms with Gasteiger partial charge in [0.05, 0.1) is 49.3 Å². The van der Waals surface area contributed by atoms with E-state index in [-0.39, 0.29) is 35.5 Å². The van der Waals surface area contributed by atoms with Crippen LogP contribution in [-0.2, 0) is 19.2 Å². The zero-order valence-corrected chi connectivity index (χ0v) is 24.3. The van der Waals surface area contributed by atoms with Gasteiger partial charge in [0.1, 0.15) is 11.5 Å². The van der Waals surface area contributed by atoms with Crippen LogP contribution in [-0.4, -0.2) is 37.8 Å². The van der Waals surface area contributed by atoms with Crippen molar-refractivity contribution in [1.82, 2.24) is 0 Å². The summed E-state index contributed by atoms with van der Waals surface area (Å²) in [6, 6.07) is 23.8. The Bertz CT molecular complexity index is 1780. The van der Waals surface area contributed by atoms with Gasteiger partial charge in [-0.3, -0.25) is 29.0 Å². The number of allylic oxidation sites excluding steroid dienone is 4. The van der Waals surface area contributed by atoms with Gasteiger partial charge in [-0.2, -0.15) is 0 Å². The van der Waals surface area contributed by atoms with E-state index in [4.69, 9.17) is 9.47 Å². The van der Waals surface area contributed by atoms with Gasteiger partial charge in [-0.25, -0.2) is 0 Å². The van der Waals surface area contributed by atoms with E-state index in [2.05, 4.69) is 6.08 Å². The Labute approximate surface area is 254 Å². The van der Waals surface area contributed by atoms with Crippen molar-refractivity contribution in [3.63, 3.8) is 0 Å². The number of benzene rings is 3. The molecule has 0 radical (unpaired) electrons. The summed E-state index contributed by atoms with van der Waals surface area (Å²) in [5.41, 5.74) is 4.03. The molecule has 2 heterocycles. The predicted octanol–water partition coefficient (Wildman–Crippen LogP) is 4.90. The summed E-state index contributed by atoms with van der Waals surface area (Å²) in [5, 5.41) is 0. The number of fused-ring (bicyclic) bond motifs is 1. The summed E-state index contributed by atoms with van der Waals surface area (Å²) < 4.78 is 10.6. The van der Waals surface area contributed by atoms with Crippen molar-refractivity contribution in [3.05, 3.63) is 102 Å². The second kappa shape index (κ2) is 9.77. The SMILES string of the molecule is COc1ccc(N2C(=O)[C@H]3[C@@H]4C=C[C@@H](C5=C(c6ccccc6)C[C@H]6C(=O)N(c7ccc(OC)cc7)C(=O)[C@H]6[C@H]54)[C@H]3C2=O)cc1. The maximum Gasteiger partial charge on any atom is 0.238 e. The molecule has 4 aliphatic carbocycles. The summed E-state index contributed by atoms with van der Waals surface area (Å²) in [5.74, 6) is -3.15. The molecule has 220 valence electrons. The Hall–Kier alpha value is -4.98. The van der Waals surface area contributed by atoms with E-state index in [1.165, 1.54) is 9.80 Å². The standard InChI is InChI=1S/C36H30N2O6/c1-43-22-12-8-20(9-13-22)37-33(39)27-18-26(19-6-4-3-5-7-19)28-24-16-17-25(29(28)32(27)36(37)42)31-30(24)34(40)38(35(31)41)21-10-14-23(44-2)15-11-21/h3-17,24-25,27,29-32H,18H2,1-2H3/t24-,25+,27+,29-,30+,31-,32+/m0/s1. The Kier molecular flexibility index (Phi) is 5.92. The minimum absolute atomic E-state index is 0.223. The zero-order chi connectivity index (χ0) is 30.3. The fraction of sp³-hybridized carbons (Fsp3) is 0.278. The molecule has 1 saturated carbocycles. The number of ether oxygens (including phenoxy) is 2. The van der Waals surface area contributed by atoms with E-state index in [0.29, 0.717) is 29.3 Å². The average molecular weight is 587 g/mol. The second-order valence-corrected chi connectivity index (χ2v) is 12.1. The summed E-state index contributed by atoms with van der Waals surface area (Å²) in [6.07, 6.45) is 4.49. The van der Waals surface area contributed by atoms with Crippen LogP contribution in [0.5, 0.6) is 11.5 Å². The lowest BCUT2D eigenvalue weighted by Gasteiger charge is -2.51. The lowest BCUT2D eigenvalue weighted by Crippen LogP contribution is -2.51. The summed E-state index contributed by atoms with van der Waals surface area (Å²) >= 11 is 0. The molecule has 6 aliphatic rings. The van der Waals surface area contributed by atoms with Crippen LogP contribution < -0.4 is 19.3 Å². The Morgan fingerprint density at radius 1 is 0.591 bits per heavy atom. The van der Waals surface area contributed by atoms with Gasteiger partial charge in [0.25, 0.3) is 0 Å². The number of hydrogen-bond acceptors (Lipinski definition) is 6. The number of hydrogen-bond donors (Lipinski definition) is 0. The van der Waals surface area contributed by atoms with Crippen molar-refractivity contribution in [2.24, 2.45) is 41.4 Å². The van der Waals surface area contributed by atoms with Gasteiger partial charge in [-0.05, 0) is 72.0 Å². The van der Waals surface area contributed by atoms with Gasteiger partial charge in [0, 0.05) is 11.8 Å². The molecule has 7 atom stereocenters. The zero-order valence-electron chi connectivity index (χ0n) is 24.3. The Morgan fingerprint density at radius 2 is 1.14 bits per heavy atom. The molecule has 4 amide bonds. The van der Waals surface area contributed by atoms with Crippen LogP contribution in [0.3, 0.4) is 0 Å². The number of methoxy groups -OCH3 is 2. The smallest absolute Gasteiger partial charge is 0.238 e. The van der Waals surface area contributed by atoms with Crippen LogP contribution in [0.4, 0.5) is 11.4 Å². The Morgan fingerprint density at radius 3 is 1.73 bits per heavy atom. The fourth-order valence-corrected chi connectivity index (χ4v) is 8.49. The number of rotatable bonds is 5. The van der Waals surface area contributed by atoms with E-state index in [9.17, 15) is 19.2 Å². The van der Waals surface area contributed by atoms with Crippen molar-refractivity contribution >= 4 is 40.6 Å². The molecule has 0 aromatic heterocycles. The second-order valence-electron chi connectivity index (χ2n) is 12.1. The molecule has 8 nitrogen and oxygen atoms in total. The highest BCUT2D eigenvalue weighted by atomic mass is 16.5. The van der Waals surface area contributed by atoms with Crippen molar-refractivity contribution in [2.75, 3.05) is 24.0 Å². The number of nitrogens with zero attached hydrogens (tertiary/aromatic N) is 2. The number of anilines is 2. The average Bonchev–Trinajstić information content (AvgIpc) is 3.50. The normalized spacial score (nSPS) is 30.1. The van der Waals surface area contributed by atoms with E-state index in [1.807, 2.05) is 36.4 Å². The van der Waals surface area contributed by atoms with Crippen molar-refractivity contribution in [2.45, 2.75) is 6.42 Å². The highest BCUT2D eigenvalue weighted by Gasteiger charge is 2.67. The van der Waals surface area contributed by atoms with Gasteiger partial charge < -0.3 is 9.47 Å². The van der Waals surface area contributed by atoms with Gasteiger partial charge in [-0.15, -0.1) is 0 Å². The number of carbonyl (C=O) groups is 4. The van der Waals surface area contributed by atoms with Crippen molar-refractivity contribution in [3.8, 4) is 11.5 Å². The molecule has 0 N–H and O–H groups in total. The first kappa shape index (κ1) is 26.6. The molecule has 0 spiro atoms. The number of amides is 4. The third-order valence-corrected chi connectivity index (χ3v) is 10.3. The number of imide groups is 2. The van der Waals surface area contributed by atoms with Crippen LogP contribution >= 0.6 is 0 Å². The van der Waals surface area contributed by atoms with E-state index >= 15 is 0 Å². The largest absolute Gasteiger partial charge is 0.497 e. The van der Waals surface area contributed by atoms with Crippen molar-refractivity contribution in [1.29, 1.82) is 0 Å². The maximum absolute atomic E-state index is 14.3. The van der Waals surface area contributed by atoms with Crippen LogP contribution in [0.25, 0.3) is 5.57 Å². The maximum atomic E-state index is 14.3. The summed E-state index contributed by atoms with van der Waals surface area (Å²) in [7, 11) is 3.13. The molecule has 0 unspecified atom stereocenters. The minimum Gasteiger partial charge on any atom is -0.497 e. The predicted molar refractivity (Wildman–Crippen MR) is 163 cm³/mol. The molecular weight excluding hydrogens is 556 g/mol. The first-order valence-corrected chi connectivity index (χ1v) is 14.9. The molecule has 3 fully saturated rings. The van der Waals surface area contributed by atoms with Crippen molar-refractivity contribution < 1.29 is 28.7 Å². The highest BCUT2D eigenvalue weighted by Crippen LogP contribution is 2.63. The first-order chi connectivity index (χ1) is 21.4. The first-order valence-electron chi connectivity index (χ1n) is 14.9. The monoisotopic (exact) mass is 586 g/mol. The quantitative estimate of drug-likeness (QED) is 0.312. The molecule has 9 rings (SSSR count). The molecule has 2 bridgehead atoms. The molecule has 44 heavy (non-hydrogen) atoms. The molecule has 2 saturated heterocycles. The van der Waals surface area contributed by atoms with E-state index < -0.39 is 29.6 Å². The van der Waals surface area contributed by atoms with Gasteiger partial charge in [-0.1, -0.05) is 48.1 Å². The van der Waals surface area contributed by atoms with Crippen LogP contribution in [0.15, 0.2) is 96.6 Å². The summed E-state index contributed by atoms with van der Waals surface area (Å²) in [6.45, 7) is 0. The molecule has 3 aromatic rings. The third-order valence-electron chi connectivity index (χ3n) is 10.3.